The minimum atomic E-state index is -0.359. The van der Waals surface area contributed by atoms with Crippen LogP contribution in [0.2, 0.25) is 0 Å². The van der Waals surface area contributed by atoms with Crippen LogP contribution in [0, 0.1) is 5.82 Å². The van der Waals surface area contributed by atoms with Gasteiger partial charge in [-0.2, -0.15) is 9.78 Å². The molecular formula is C20H13FN4O. The summed E-state index contributed by atoms with van der Waals surface area (Å²) >= 11 is 0. The van der Waals surface area contributed by atoms with Crippen molar-refractivity contribution < 1.29 is 4.39 Å². The quantitative estimate of drug-likeness (QED) is 0.535. The average molecular weight is 344 g/mol. The molecule has 5 nitrogen and oxygen atoms in total. The number of aromatic nitrogens is 3. The summed E-state index contributed by atoms with van der Waals surface area (Å²) in [5.74, 6) is -0.0175. The molecule has 0 fully saturated rings. The van der Waals surface area contributed by atoms with Gasteiger partial charge in [0.25, 0.3) is 5.56 Å². The van der Waals surface area contributed by atoms with Crippen LogP contribution in [0.4, 0.5) is 4.39 Å². The molecule has 2 aromatic heterocycles. The maximum Gasteiger partial charge on any atom is 0.282 e. The molecule has 0 spiro atoms. The standard InChI is InChI=1S/C20H13FN4O/c21-16-9-7-15(8-10-16)19-24-18-6-2-1-5-17(18)20(26)25(19)23-13-14-4-3-11-22-12-14/h1-13H. The molecule has 4 rings (SSSR count). The zero-order chi connectivity index (χ0) is 17.9. The highest BCUT2D eigenvalue weighted by Gasteiger charge is 2.12. The Labute approximate surface area is 148 Å². The van der Waals surface area contributed by atoms with E-state index in [1.165, 1.54) is 23.0 Å². The van der Waals surface area contributed by atoms with E-state index in [9.17, 15) is 9.18 Å². The lowest BCUT2D eigenvalue weighted by molar-refractivity contribution is 0.628. The number of benzene rings is 2. The van der Waals surface area contributed by atoms with Gasteiger partial charge in [0.2, 0.25) is 0 Å². The van der Waals surface area contributed by atoms with Gasteiger partial charge in [-0.05, 0) is 42.5 Å². The van der Waals surface area contributed by atoms with Crippen molar-refractivity contribution in [1.29, 1.82) is 0 Å². The largest absolute Gasteiger partial charge is 0.282 e. The zero-order valence-electron chi connectivity index (χ0n) is 13.6. The molecule has 26 heavy (non-hydrogen) atoms. The van der Waals surface area contributed by atoms with Crippen molar-refractivity contribution in [1.82, 2.24) is 14.6 Å². The van der Waals surface area contributed by atoms with Crippen molar-refractivity contribution >= 4 is 17.1 Å². The van der Waals surface area contributed by atoms with Gasteiger partial charge in [-0.15, -0.1) is 0 Å². The number of halogens is 1. The maximum atomic E-state index is 13.3. The molecule has 0 radical (unpaired) electrons. The summed E-state index contributed by atoms with van der Waals surface area (Å²) < 4.78 is 14.5. The van der Waals surface area contributed by atoms with Gasteiger partial charge in [0.15, 0.2) is 5.82 Å². The third-order valence-corrected chi connectivity index (χ3v) is 3.86. The van der Waals surface area contributed by atoms with Gasteiger partial charge in [0, 0.05) is 23.5 Å². The molecule has 2 heterocycles. The normalized spacial score (nSPS) is 11.3. The average Bonchev–Trinajstić information content (AvgIpc) is 2.69. The van der Waals surface area contributed by atoms with Crippen LogP contribution >= 0.6 is 0 Å². The van der Waals surface area contributed by atoms with Crippen LogP contribution in [0.3, 0.4) is 0 Å². The summed E-state index contributed by atoms with van der Waals surface area (Å²) in [7, 11) is 0. The van der Waals surface area contributed by atoms with E-state index in [0.29, 0.717) is 22.3 Å². The van der Waals surface area contributed by atoms with Crippen LogP contribution in [0.15, 0.2) is 83.0 Å². The number of para-hydroxylation sites is 1. The molecule has 0 bridgehead atoms. The monoisotopic (exact) mass is 344 g/mol. The Morgan fingerprint density at radius 1 is 1.00 bits per heavy atom. The molecular weight excluding hydrogens is 331 g/mol. The smallest absolute Gasteiger partial charge is 0.267 e. The van der Waals surface area contributed by atoms with Crippen LogP contribution in [-0.4, -0.2) is 20.9 Å². The minimum Gasteiger partial charge on any atom is -0.267 e. The van der Waals surface area contributed by atoms with Gasteiger partial charge in [-0.3, -0.25) is 9.78 Å². The first-order chi connectivity index (χ1) is 12.7. The van der Waals surface area contributed by atoms with E-state index < -0.39 is 0 Å². The summed E-state index contributed by atoms with van der Waals surface area (Å²) in [6.45, 7) is 0. The van der Waals surface area contributed by atoms with Crippen molar-refractivity contribution in [2.45, 2.75) is 0 Å². The molecule has 6 heteroatoms. The van der Waals surface area contributed by atoms with E-state index >= 15 is 0 Å². The molecule has 0 saturated heterocycles. The van der Waals surface area contributed by atoms with Gasteiger partial charge in [-0.1, -0.05) is 18.2 Å². The van der Waals surface area contributed by atoms with Gasteiger partial charge >= 0.3 is 0 Å². The Kier molecular flexibility index (Phi) is 4.07. The topological polar surface area (TPSA) is 60.1 Å². The van der Waals surface area contributed by atoms with Gasteiger partial charge in [0.05, 0.1) is 17.1 Å². The summed E-state index contributed by atoms with van der Waals surface area (Å²) in [6.07, 6.45) is 4.84. The molecule has 0 N–H and O–H groups in total. The summed E-state index contributed by atoms with van der Waals surface area (Å²) in [5, 5.41) is 4.77. The third-order valence-electron chi connectivity index (χ3n) is 3.86. The van der Waals surface area contributed by atoms with Crippen LogP contribution in [0.25, 0.3) is 22.3 Å². The molecule has 0 aliphatic carbocycles. The fraction of sp³-hybridized carbons (Fsp3) is 0. The number of pyridine rings is 1. The van der Waals surface area contributed by atoms with Crippen molar-refractivity contribution in [3.8, 4) is 11.4 Å². The zero-order valence-corrected chi connectivity index (χ0v) is 13.6. The highest BCUT2D eigenvalue weighted by atomic mass is 19.1. The Balaban J connectivity index is 1.95. The highest BCUT2D eigenvalue weighted by Crippen LogP contribution is 2.19. The SMILES string of the molecule is O=c1c2ccccc2nc(-c2ccc(F)cc2)n1N=Cc1cccnc1. The molecule has 0 unspecified atom stereocenters. The van der Waals surface area contributed by atoms with E-state index in [1.54, 1.807) is 48.8 Å². The fourth-order valence-corrected chi connectivity index (χ4v) is 2.59. The van der Waals surface area contributed by atoms with Crippen LogP contribution in [-0.2, 0) is 0 Å². The summed E-state index contributed by atoms with van der Waals surface area (Å²) in [5.41, 5.74) is 1.61. The second-order valence-corrected chi connectivity index (χ2v) is 5.61. The third kappa shape index (κ3) is 3.00. The predicted molar refractivity (Wildman–Crippen MR) is 98.6 cm³/mol. The minimum absolute atomic E-state index is 0.296. The van der Waals surface area contributed by atoms with Gasteiger partial charge < -0.3 is 0 Å². The molecule has 0 saturated carbocycles. The molecule has 0 amide bonds. The number of fused-ring (bicyclic) bond motifs is 1. The Hall–Kier alpha value is -3.67. The first-order valence-corrected chi connectivity index (χ1v) is 7.94. The maximum absolute atomic E-state index is 13.3. The summed E-state index contributed by atoms with van der Waals surface area (Å²) in [4.78, 5) is 21.5. The van der Waals surface area contributed by atoms with Crippen LogP contribution in [0.1, 0.15) is 5.56 Å². The number of hydrogen-bond acceptors (Lipinski definition) is 4. The Bertz CT molecular complexity index is 1150. The van der Waals surface area contributed by atoms with Crippen molar-refractivity contribution in [2.75, 3.05) is 0 Å². The second-order valence-electron chi connectivity index (χ2n) is 5.61. The van der Waals surface area contributed by atoms with Gasteiger partial charge in [-0.25, -0.2) is 9.37 Å². The number of rotatable bonds is 3. The fourth-order valence-electron chi connectivity index (χ4n) is 2.59. The molecule has 0 aliphatic rings. The molecule has 126 valence electrons. The van der Waals surface area contributed by atoms with Crippen LogP contribution < -0.4 is 5.56 Å². The molecule has 2 aromatic carbocycles. The molecule has 4 aromatic rings. The lowest BCUT2D eigenvalue weighted by Crippen LogP contribution is -2.20. The number of hydrogen-bond donors (Lipinski definition) is 0. The molecule has 0 aliphatic heterocycles. The van der Waals surface area contributed by atoms with Crippen LogP contribution in [0.5, 0.6) is 0 Å². The first kappa shape index (κ1) is 15.8. The van der Waals surface area contributed by atoms with E-state index in [1.807, 2.05) is 12.1 Å². The van der Waals surface area contributed by atoms with E-state index in [2.05, 4.69) is 15.1 Å². The van der Waals surface area contributed by atoms with Gasteiger partial charge in [0.1, 0.15) is 5.82 Å². The van der Waals surface area contributed by atoms with Crippen molar-refractivity contribution in [3.05, 3.63) is 94.8 Å². The Morgan fingerprint density at radius 2 is 1.81 bits per heavy atom. The van der Waals surface area contributed by atoms with Crippen molar-refractivity contribution in [2.24, 2.45) is 5.10 Å². The highest BCUT2D eigenvalue weighted by molar-refractivity contribution is 5.81. The molecule has 0 atom stereocenters. The first-order valence-electron chi connectivity index (χ1n) is 7.94. The summed E-state index contributed by atoms with van der Waals surface area (Å²) in [6, 6.07) is 16.5. The predicted octanol–water partition coefficient (Wildman–Crippen LogP) is 3.48. The number of nitrogens with zero attached hydrogens (tertiary/aromatic N) is 4. The van der Waals surface area contributed by atoms with E-state index in [0.717, 1.165) is 5.56 Å². The van der Waals surface area contributed by atoms with Crippen molar-refractivity contribution in [3.63, 3.8) is 0 Å². The Morgan fingerprint density at radius 3 is 2.58 bits per heavy atom. The van der Waals surface area contributed by atoms with E-state index in [4.69, 9.17) is 0 Å². The lowest BCUT2D eigenvalue weighted by atomic mass is 10.2. The van der Waals surface area contributed by atoms with E-state index in [-0.39, 0.29) is 11.4 Å². The lowest BCUT2D eigenvalue weighted by Gasteiger charge is -2.09. The second kappa shape index (κ2) is 6.68.